The number of amides is 2. The van der Waals surface area contributed by atoms with E-state index >= 15 is 0 Å². The van der Waals surface area contributed by atoms with E-state index in [1.807, 2.05) is 44.2 Å². The highest BCUT2D eigenvalue weighted by Crippen LogP contribution is 2.39. The number of phenolic OH excluding ortho intramolecular Hbond substituents is 1. The first-order valence-corrected chi connectivity index (χ1v) is 12.0. The molecule has 3 aromatic rings. The zero-order valence-corrected chi connectivity index (χ0v) is 20.4. The van der Waals surface area contributed by atoms with E-state index in [4.69, 9.17) is 4.74 Å². The van der Waals surface area contributed by atoms with Gasteiger partial charge in [-0.1, -0.05) is 32.4 Å². The van der Waals surface area contributed by atoms with Crippen LogP contribution in [0.3, 0.4) is 0 Å². The lowest BCUT2D eigenvalue weighted by Gasteiger charge is -2.25. The molecule has 0 spiro atoms. The maximum atomic E-state index is 13.1. The number of aromatic nitrogens is 2. The number of anilines is 1. The molecule has 2 aromatic carbocycles. The van der Waals surface area contributed by atoms with Gasteiger partial charge in [0.1, 0.15) is 11.5 Å². The number of methoxy groups -OCH3 is 1. The van der Waals surface area contributed by atoms with Crippen molar-refractivity contribution < 1.29 is 19.4 Å². The molecule has 184 valence electrons. The molecule has 1 saturated carbocycles. The molecular formula is C27H32N4O4. The van der Waals surface area contributed by atoms with Crippen molar-refractivity contribution in [3.05, 3.63) is 59.8 Å². The van der Waals surface area contributed by atoms with E-state index in [-0.39, 0.29) is 29.5 Å². The molecule has 2 amide bonds. The molecule has 1 aliphatic carbocycles. The third-order valence-electron chi connectivity index (χ3n) is 6.21. The third-order valence-corrected chi connectivity index (χ3v) is 6.21. The molecule has 0 saturated heterocycles. The minimum absolute atomic E-state index is 0.0373. The van der Waals surface area contributed by atoms with E-state index in [0.29, 0.717) is 29.9 Å². The molecule has 4 rings (SSSR count). The van der Waals surface area contributed by atoms with Gasteiger partial charge < -0.3 is 20.5 Å². The Hall–Kier alpha value is -3.81. The van der Waals surface area contributed by atoms with E-state index in [1.165, 1.54) is 10.7 Å². The molecule has 8 nitrogen and oxygen atoms in total. The fourth-order valence-corrected chi connectivity index (χ4v) is 4.08. The summed E-state index contributed by atoms with van der Waals surface area (Å²) in [5, 5.41) is 20.9. The van der Waals surface area contributed by atoms with Crippen molar-refractivity contribution in [2.24, 2.45) is 5.92 Å². The molecule has 1 aromatic heterocycles. The molecule has 1 aliphatic rings. The van der Waals surface area contributed by atoms with E-state index in [0.717, 1.165) is 36.3 Å². The summed E-state index contributed by atoms with van der Waals surface area (Å²) in [4.78, 5) is 25.3. The van der Waals surface area contributed by atoms with Crippen LogP contribution in [0.25, 0.3) is 11.3 Å². The summed E-state index contributed by atoms with van der Waals surface area (Å²) in [5.41, 5.74) is 3.30. The molecule has 1 fully saturated rings. The number of nitrogens with one attached hydrogen (secondary N) is 2. The Morgan fingerprint density at radius 1 is 1.14 bits per heavy atom. The summed E-state index contributed by atoms with van der Waals surface area (Å²) in [5.74, 6) is 1.19. The number of phenols is 1. The van der Waals surface area contributed by atoms with E-state index in [2.05, 4.69) is 15.7 Å². The van der Waals surface area contributed by atoms with Crippen molar-refractivity contribution in [2.75, 3.05) is 12.4 Å². The Morgan fingerprint density at radius 3 is 2.51 bits per heavy atom. The van der Waals surface area contributed by atoms with Crippen molar-refractivity contribution in [3.8, 4) is 22.8 Å². The molecule has 35 heavy (non-hydrogen) atoms. The maximum absolute atomic E-state index is 13.1. The number of hydrogen-bond acceptors (Lipinski definition) is 5. The van der Waals surface area contributed by atoms with Crippen molar-refractivity contribution >= 4 is 17.6 Å². The number of rotatable bonds is 8. The van der Waals surface area contributed by atoms with Gasteiger partial charge in [-0.05, 0) is 60.7 Å². The Bertz CT molecular complexity index is 1200. The molecule has 0 atom stereocenters. The van der Waals surface area contributed by atoms with Gasteiger partial charge in [-0.25, -0.2) is 4.79 Å². The highest BCUT2D eigenvalue weighted by molar-refractivity contribution is 5.92. The number of aromatic hydroxyl groups is 1. The second-order valence-corrected chi connectivity index (χ2v) is 9.38. The predicted molar refractivity (Wildman–Crippen MR) is 135 cm³/mol. The van der Waals surface area contributed by atoms with Crippen molar-refractivity contribution in [2.45, 2.75) is 52.0 Å². The molecule has 0 aliphatic heterocycles. The third kappa shape index (κ3) is 5.82. The minimum Gasteiger partial charge on any atom is -0.507 e. The average molecular weight is 477 g/mol. The van der Waals surface area contributed by atoms with Gasteiger partial charge in [0.15, 0.2) is 0 Å². The zero-order valence-electron chi connectivity index (χ0n) is 20.4. The van der Waals surface area contributed by atoms with Crippen LogP contribution in [0.1, 0.15) is 56.7 Å². The van der Waals surface area contributed by atoms with Crippen LogP contribution < -0.4 is 15.4 Å². The average Bonchev–Trinajstić information content (AvgIpc) is 3.22. The molecule has 8 heteroatoms. The first-order valence-electron chi connectivity index (χ1n) is 12.0. The van der Waals surface area contributed by atoms with Crippen molar-refractivity contribution in [3.63, 3.8) is 0 Å². The van der Waals surface area contributed by atoms with Gasteiger partial charge in [-0.2, -0.15) is 9.78 Å². The van der Waals surface area contributed by atoms with Gasteiger partial charge >= 0.3 is 6.03 Å². The van der Waals surface area contributed by atoms with Crippen LogP contribution in [-0.2, 0) is 11.3 Å². The smallest absolute Gasteiger partial charge is 0.342 e. The normalized spacial score (nSPS) is 13.4. The quantitative estimate of drug-likeness (QED) is 0.384. The monoisotopic (exact) mass is 476 g/mol. The lowest BCUT2D eigenvalue weighted by molar-refractivity contribution is -0.116. The molecule has 0 bridgehead atoms. The van der Waals surface area contributed by atoms with E-state index < -0.39 is 0 Å². The van der Waals surface area contributed by atoms with Gasteiger partial charge in [0, 0.05) is 30.1 Å². The van der Waals surface area contributed by atoms with Gasteiger partial charge in [0.25, 0.3) is 0 Å². The van der Waals surface area contributed by atoms with Crippen LogP contribution in [-0.4, -0.2) is 33.9 Å². The first-order chi connectivity index (χ1) is 16.8. The van der Waals surface area contributed by atoms with Gasteiger partial charge in [0.2, 0.25) is 5.91 Å². The van der Waals surface area contributed by atoms with E-state index in [1.54, 1.807) is 19.2 Å². The fourth-order valence-electron chi connectivity index (χ4n) is 4.08. The summed E-state index contributed by atoms with van der Waals surface area (Å²) in [6.45, 7) is 4.32. The standard InChI is InChI=1S/C27H32N4O4/c1-17(2)13-26(33)29-20-9-12-25(32)22(14-20)23-15-24(19-5-4-6-19)31(30-23)27(34)28-16-18-7-10-21(35-3)11-8-18/h7-12,14-15,17,19,32H,4-6,13,16H2,1-3H3,(H,28,34)(H,29,33). The van der Waals surface area contributed by atoms with Gasteiger partial charge in [0.05, 0.1) is 18.5 Å². The highest BCUT2D eigenvalue weighted by atomic mass is 16.5. The summed E-state index contributed by atoms with van der Waals surface area (Å²) in [6.07, 6.45) is 3.51. The fraction of sp³-hybridized carbons (Fsp3) is 0.370. The number of benzene rings is 2. The largest absolute Gasteiger partial charge is 0.507 e. The van der Waals surface area contributed by atoms with Crippen LogP contribution >= 0.6 is 0 Å². The molecule has 3 N–H and O–H groups in total. The lowest BCUT2D eigenvalue weighted by Crippen LogP contribution is -2.31. The van der Waals surface area contributed by atoms with Gasteiger partial charge in [-0.15, -0.1) is 0 Å². The van der Waals surface area contributed by atoms with Crippen LogP contribution in [0.15, 0.2) is 48.5 Å². The summed E-state index contributed by atoms with van der Waals surface area (Å²) >= 11 is 0. The Kier molecular flexibility index (Phi) is 7.39. The Labute approximate surface area is 205 Å². The van der Waals surface area contributed by atoms with Crippen molar-refractivity contribution in [1.29, 1.82) is 0 Å². The maximum Gasteiger partial charge on any atom is 0.342 e. The van der Waals surface area contributed by atoms with E-state index in [9.17, 15) is 14.7 Å². The number of carbonyl (C=O) groups excluding carboxylic acids is 2. The van der Waals surface area contributed by atoms with Crippen LogP contribution in [0, 0.1) is 5.92 Å². The van der Waals surface area contributed by atoms with Crippen LogP contribution in [0.2, 0.25) is 0 Å². The Balaban J connectivity index is 1.56. The molecule has 0 unspecified atom stereocenters. The topological polar surface area (TPSA) is 105 Å². The molecule has 0 radical (unpaired) electrons. The molecule has 1 heterocycles. The Morgan fingerprint density at radius 2 is 1.89 bits per heavy atom. The summed E-state index contributed by atoms with van der Waals surface area (Å²) < 4.78 is 6.59. The number of hydrogen-bond donors (Lipinski definition) is 3. The van der Waals surface area contributed by atoms with Crippen LogP contribution in [0.5, 0.6) is 11.5 Å². The lowest BCUT2D eigenvalue weighted by atomic mass is 9.82. The number of ether oxygens (including phenoxy) is 1. The summed E-state index contributed by atoms with van der Waals surface area (Å²) in [6, 6.07) is 13.9. The zero-order chi connectivity index (χ0) is 24.9. The van der Waals surface area contributed by atoms with Gasteiger partial charge in [-0.3, -0.25) is 4.79 Å². The first kappa shape index (κ1) is 24.3. The summed E-state index contributed by atoms with van der Waals surface area (Å²) in [7, 11) is 1.61. The minimum atomic E-state index is -0.324. The number of nitrogens with zero attached hydrogens (tertiary/aromatic N) is 2. The van der Waals surface area contributed by atoms with Crippen molar-refractivity contribution in [1.82, 2.24) is 15.1 Å². The highest BCUT2D eigenvalue weighted by Gasteiger charge is 2.27. The second-order valence-electron chi connectivity index (χ2n) is 9.38. The number of carbonyl (C=O) groups is 2. The molecular weight excluding hydrogens is 444 g/mol. The van der Waals surface area contributed by atoms with Crippen LogP contribution in [0.4, 0.5) is 10.5 Å². The SMILES string of the molecule is COc1ccc(CNC(=O)n2nc(-c3cc(NC(=O)CC(C)C)ccc3O)cc2C2CCC2)cc1. The predicted octanol–water partition coefficient (Wildman–Crippen LogP) is 5.27. The second kappa shape index (κ2) is 10.6.